The van der Waals surface area contributed by atoms with Gasteiger partial charge in [-0.15, -0.1) is 0 Å². The van der Waals surface area contributed by atoms with Crippen molar-refractivity contribution in [1.82, 2.24) is 0 Å². The smallest absolute Gasteiger partial charge is 0.143 e. The lowest BCUT2D eigenvalue weighted by molar-refractivity contribution is 0.670. The Morgan fingerprint density at radius 2 is 0.714 bits per heavy atom. The quantitative estimate of drug-likeness (QED) is 0.156. The second-order valence-corrected chi connectivity index (χ2v) is 14.1. The van der Waals surface area contributed by atoms with Crippen LogP contribution in [0, 0.1) is 0 Å². The van der Waals surface area contributed by atoms with E-state index in [0.29, 0.717) is 0 Å². The highest BCUT2D eigenvalue weighted by Gasteiger charge is 2.20. The molecule has 0 atom stereocenters. The van der Waals surface area contributed by atoms with E-state index in [1.165, 1.54) is 33.4 Å². The van der Waals surface area contributed by atoms with E-state index in [9.17, 15) is 0 Å². The third-order valence-corrected chi connectivity index (χ3v) is 10.7. The van der Waals surface area contributed by atoms with Crippen molar-refractivity contribution in [2.24, 2.45) is 0 Å². The fraction of sp³-hybridized carbons (Fsp3) is 0. The molecule has 0 aliphatic rings. The van der Waals surface area contributed by atoms with Gasteiger partial charge in [-0.2, -0.15) is 0 Å². The van der Waals surface area contributed by atoms with Crippen LogP contribution in [0.25, 0.3) is 77.6 Å². The Morgan fingerprint density at radius 3 is 1.32 bits per heavy atom. The first-order valence-electron chi connectivity index (χ1n) is 19.1. The van der Waals surface area contributed by atoms with E-state index >= 15 is 0 Å². The zero-order valence-corrected chi connectivity index (χ0v) is 30.7. The minimum Gasteiger partial charge on any atom is -0.455 e. The molecule has 0 N–H and O–H groups in total. The van der Waals surface area contributed by atoms with Gasteiger partial charge in [0.25, 0.3) is 0 Å². The average molecular weight is 716 g/mol. The van der Waals surface area contributed by atoms with E-state index in [0.717, 1.165) is 61.3 Å². The van der Waals surface area contributed by atoms with Crippen LogP contribution in [0.1, 0.15) is 0 Å². The van der Waals surface area contributed by atoms with Crippen LogP contribution in [0.15, 0.2) is 229 Å². The van der Waals surface area contributed by atoms with Crippen molar-refractivity contribution in [2.45, 2.75) is 0 Å². The fourth-order valence-corrected chi connectivity index (χ4v) is 7.87. The molecule has 10 rings (SSSR count). The van der Waals surface area contributed by atoms with Crippen LogP contribution < -0.4 is 4.90 Å². The fourth-order valence-electron chi connectivity index (χ4n) is 7.87. The number of para-hydroxylation sites is 2. The lowest BCUT2D eigenvalue weighted by Gasteiger charge is -2.29. The Kier molecular flexibility index (Phi) is 8.55. The summed E-state index contributed by atoms with van der Waals surface area (Å²) in [6.07, 6.45) is 0. The molecule has 9 aromatic carbocycles. The standard InChI is InChI=1S/C54H37NO/c1-4-13-38(14-5-1)40-23-25-42(26-24-40)45-31-36-52(51(37-45)43-17-8-3-9-18-43)55(46-32-27-41(28-33-46)39-15-6-2-7-16-39)47-34-29-44(30-35-47)48-20-12-21-50-49-19-10-11-22-53(49)56-54(48)50/h1-37H. The third-order valence-electron chi connectivity index (χ3n) is 10.7. The Labute approximate surface area is 327 Å². The van der Waals surface area contributed by atoms with Crippen molar-refractivity contribution in [1.29, 1.82) is 0 Å². The van der Waals surface area contributed by atoms with Gasteiger partial charge in [-0.3, -0.25) is 0 Å². The maximum atomic E-state index is 6.43. The zero-order valence-electron chi connectivity index (χ0n) is 30.7. The summed E-state index contributed by atoms with van der Waals surface area (Å²) >= 11 is 0. The minimum atomic E-state index is 0.903. The molecule has 0 aliphatic heterocycles. The van der Waals surface area contributed by atoms with Crippen molar-refractivity contribution in [2.75, 3.05) is 4.90 Å². The molecule has 0 saturated carbocycles. The Morgan fingerprint density at radius 1 is 0.286 bits per heavy atom. The summed E-state index contributed by atoms with van der Waals surface area (Å²) < 4.78 is 6.43. The predicted molar refractivity (Wildman–Crippen MR) is 236 cm³/mol. The van der Waals surface area contributed by atoms with Gasteiger partial charge in [0.15, 0.2) is 0 Å². The van der Waals surface area contributed by atoms with E-state index in [1.54, 1.807) is 0 Å². The lowest BCUT2D eigenvalue weighted by atomic mass is 9.95. The molecule has 0 amide bonds. The highest BCUT2D eigenvalue weighted by Crippen LogP contribution is 2.44. The van der Waals surface area contributed by atoms with Crippen molar-refractivity contribution in [3.63, 3.8) is 0 Å². The average Bonchev–Trinajstić information content (AvgIpc) is 3.67. The normalized spacial score (nSPS) is 11.2. The molecule has 2 heteroatoms. The van der Waals surface area contributed by atoms with Gasteiger partial charge in [0.05, 0.1) is 5.69 Å². The largest absolute Gasteiger partial charge is 0.455 e. The lowest BCUT2D eigenvalue weighted by Crippen LogP contribution is -2.11. The number of benzene rings is 9. The van der Waals surface area contributed by atoms with Gasteiger partial charge in [-0.05, 0) is 87.0 Å². The second-order valence-electron chi connectivity index (χ2n) is 14.1. The number of anilines is 3. The molecule has 0 fully saturated rings. The van der Waals surface area contributed by atoms with E-state index in [1.807, 2.05) is 12.1 Å². The van der Waals surface area contributed by atoms with Crippen LogP contribution in [-0.2, 0) is 0 Å². The Bertz CT molecular complexity index is 2910. The predicted octanol–water partition coefficient (Wildman–Crippen LogP) is 15.4. The maximum absolute atomic E-state index is 6.43. The summed E-state index contributed by atoms with van der Waals surface area (Å²) in [5.74, 6) is 0. The summed E-state index contributed by atoms with van der Waals surface area (Å²) in [5, 5.41) is 2.26. The highest BCUT2D eigenvalue weighted by molar-refractivity contribution is 6.09. The second kappa shape index (κ2) is 14.4. The molecule has 0 saturated heterocycles. The number of nitrogens with zero attached hydrogens (tertiary/aromatic N) is 1. The number of fused-ring (bicyclic) bond motifs is 3. The summed E-state index contributed by atoms with van der Waals surface area (Å²) in [7, 11) is 0. The highest BCUT2D eigenvalue weighted by atomic mass is 16.3. The Balaban J connectivity index is 1.10. The molecule has 0 bridgehead atoms. The molecule has 2 nitrogen and oxygen atoms in total. The first-order chi connectivity index (χ1) is 27.8. The maximum Gasteiger partial charge on any atom is 0.143 e. The molecule has 1 heterocycles. The van der Waals surface area contributed by atoms with Crippen molar-refractivity contribution in [3.8, 4) is 55.6 Å². The summed E-state index contributed by atoms with van der Waals surface area (Å²) in [5.41, 5.74) is 16.7. The summed E-state index contributed by atoms with van der Waals surface area (Å²) in [6.45, 7) is 0. The van der Waals surface area contributed by atoms with Crippen LogP contribution in [0.2, 0.25) is 0 Å². The molecule has 0 unspecified atom stereocenters. The first-order valence-corrected chi connectivity index (χ1v) is 19.1. The first kappa shape index (κ1) is 33.2. The number of hydrogen-bond donors (Lipinski definition) is 0. The number of rotatable bonds is 8. The molecule has 264 valence electrons. The van der Waals surface area contributed by atoms with Crippen molar-refractivity contribution < 1.29 is 4.42 Å². The van der Waals surface area contributed by atoms with Crippen LogP contribution >= 0.6 is 0 Å². The van der Waals surface area contributed by atoms with E-state index < -0.39 is 0 Å². The van der Waals surface area contributed by atoms with Crippen LogP contribution in [0.4, 0.5) is 17.1 Å². The third kappa shape index (κ3) is 6.24. The van der Waals surface area contributed by atoms with Gasteiger partial charge in [0.2, 0.25) is 0 Å². The van der Waals surface area contributed by atoms with Gasteiger partial charge >= 0.3 is 0 Å². The van der Waals surface area contributed by atoms with E-state index in [-0.39, 0.29) is 0 Å². The van der Waals surface area contributed by atoms with Gasteiger partial charge in [0, 0.05) is 33.3 Å². The van der Waals surface area contributed by atoms with Crippen molar-refractivity contribution >= 4 is 39.0 Å². The number of furan rings is 1. The van der Waals surface area contributed by atoms with Crippen LogP contribution in [0.5, 0.6) is 0 Å². The SMILES string of the molecule is c1ccc(-c2ccc(-c3ccc(N(c4ccc(-c5ccccc5)cc4)c4ccc(-c5cccc6c5oc5ccccc56)cc4)c(-c4ccccc4)c3)cc2)cc1. The summed E-state index contributed by atoms with van der Waals surface area (Å²) in [6, 6.07) is 80.1. The van der Waals surface area contributed by atoms with E-state index in [2.05, 4.69) is 217 Å². The molecule has 0 aliphatic carbocycles. The topological polar surface area (TPSA) is 16.4 Å². The van der Waals surface area contributed by atoms with Gasteiger partial charge in [-0.1, -0.05) is 182 Å². The molecule has 0 spiro atoms. The monoisotopic (exact) mass is 715 g/mol. The molecular formula is C54H37NO. The van der Waals surface area contributed by atoms with Crippen LogP contribution in [0.3, 0.4) is 0 Å². The van der Waals surface area contributed by atoms with Gasteiger partial charge in [0.1, 0.15) is 11.2 Å². The Hall–Kier alpha value is -7.42. The molecular weight excluding hydrogens is 679 g/mol. The number of hydrogen-bond acceptors (Lipinski definition) is 2. The van der Waals surface area contributed by atoms with Crippen LogP contribution in [-0.4, -0.2) is 0 Å². The van der Waals surface area contributed by atoms with Gasteiger partial charge in [-0.25, -0.2) is 0 Å². The van der Waals surface area contributed by atoms with E-state index in [4.69, 9.17) is 4.42 Å². The van der Waals surface area contributed by atoms with Crippen molar-refractivity contribution in [3.05, 3.63) is 224 Å². The zero-order chi connectivity index (χ0) is 37.3. The molecule has 0 radical (unpaired) electrons. The minimum absolute atomic E-state index is 0.903. The summed E-state index contributed by atoms with van der Waals surface area (Å²) in [4.78, 5) is 2.38. The molecule has 10 aromatic rings. The molecule has 56 heavy (non-hydrogen) atoms. The van der Waals surface area contributed by atoms with Gasteiger partial charge < -0.3 is 9.32 Å². The molecule has 1 aromatic heterocycles.